The molecule has 2 rings (SSSR count). The van der Waals surface area contributed by atoms with E-state index in [1.165, 1.54) is 0 Å². The fraction of sp³-hybridized carbons (Fsp3) is 0.455. The highest BCUT2D eigenvalue weighted by atomic mass is 15.2. The SMILES string of the molecule is C=Cc1ncnc2c1NCCN2C.CC. The van der Waals surface area contributed by atoms with Crippen LogP contribution in [0.25, 0.3) is 6.08 Å². The van der Waals surface area contributed by atoms with E-state index in [0.29, 0.717) is 0 Å². The van der Waals surface area contributed by atoms with E-state index in [0.717, 1.165) is 30.3 Å². The molecule has 82 valence electrons. The number of rotatable bonds is 1. The smallest absolute Gasteiger partial charge is 0.155 e. The van der Waals surface area contributed by atoms with E-state index >= 15 is 0 Å². The Balaban J connectivity index is 0.000000531. The topological polar surface area (TPSA) is 41.1 Å². The number of likely N-dealkylation sites (N-methyl/N-ethyl adjacent to an activating group) is 1. The zero-order valence-electron chi connectivity index (χ0n) is 9.62. The third kappa shape index (κ3) is 2.26. The highest BCUT2D eigenvalue weighted by Crippen LogP contribution is 2.27. The van der Waals surface area contributed by atoms with Crippen molar-refractivity contribution in [3.05, 3.63) is 18.6 Å². The van der Waals surface area contributed by atoms with Gasteiger partial charge in [-0.25, -0.2) is 9.97 Å². The Morgan fingerprint density at radius 3 is 2.87 bits per heavy atom. The lowest BCUT2D eigenvalue weighted by Crippen LogP contribution is -2.31. The van der Waals surface area contributed by atoms with Crippen molar-refractivity contribution in [1.29, 1.82) is 0 Å². The Labute approximate surface area is 91.0 Å². The van der Waals surface area contributed by atoms with Gasteiger partial charge in [-0.2, -0.15) is 0 Å². The van der Waals surface area contributed by atoms with Crippen LogP contribution in [0.2, 0.25) is 0 Å². The van der Waals surface area contributed by atoms with Gasteiger partial charge in [-0.05, 0) is 6.08 Å². The van der Waals surface area contributed by atoms with E-state index in [1.807, 2.05) is 20.9 Å². The Bertz CT molecular complexity index is 335. The Morgan fingerprint density at radius 1 is 1.47 bits per heavy atom. The van der Waals surface area contributed by atoms with Gasteiger partial charge in [-0.1, -0.05) is 20.4 Å². The average molecular weight is 206 g/mol. The quantitative estimate of drug-likeness (QED) is 0.763. The molecule has 4 heteroatoms. The van der Waals surface area contributed by atoms with Crippen molar-refractivity contribution in [2.75, 3.05) is 30.4 Å². The van der Waals surface area contributed by atoms with E-state index in [2.05, 4.69) is 26.8 Å². The zero-order valence-corrected chi connectivity index (χ0v) is 9.62. The van der Waals surface area contributed by atoms with E-state index in [1.54, 1.807) is 12.4 Å². The van der Waals surface area contributed by atoms with Gasteiger partial charge in [0.15, 0.2) is 5.82 Å². The van der Waals surface area contributed by atoms with E-state index in [-0.39, 0.29) is 0 Å². The average Bonchev–Trinajstić information content (AvgIpc) is 2.32. The van der Waals surface area contributed by atoms with Crippen LogP contribution in [-0.4, -0.2) is 30.1 Å². The second-order valence-electron chi connectivity index (χ2n) is 3.01. The van der Waals surface area contributed by atoms with Gasteiger partial charge in [0.25, 0.3) is 0 Å². The normalized spacial score (nSPS) is 13.1. The molecule has 2 heterocycles. The maximum Gasteiger partial charge on any atom is 0.155 e. The minimum absolute atomic E-state index is 0.872. The molecule has 0 fully saturated rings. The summed E-state index contributed by atoms with van der Waals surface area (Å²) >= 11 is 0. The second kappa shape index (κ2) is 5.34. The van der Waals surface area contributed by atoms with Crippen LogP contribution in [0.3, 0.4) is 0 Å². The maximum atomic E-state index is 4.21. The summed E-state index contributed by atoms with van der Waals surface area (Å²) in [6.07, 6.45) is 3.31. The molecule has 0 radical (unpaired) electrons. The van der Waals surface area contributed by atoms with Gasteiger partial charge in [-0.15, -0.1) is 0 Å². The molecule has 1 aromatic heterocycles. The standard InChI is InChI=1S/C9H12N4.C2H6/c1-3-7-8-9(12-6-11-7)13(2)5-4-10-8;1-2/h3,6,10H,1,4-5H2,2H3;1-2H3. The third-order valence-corrected chi connectivity index (χ3v) is 2.16. The number of fused-ring (bicyclic) bond motifs is 1. The van der Waals surface area contributed by atoms with E-state index in [4.69, 9.17) is 0 Å². The Hall–Kier alpha value is -1.58. The predicted octanol–water partition coefficient (Wildman–Crippen LogP) is 2.01. The Morgan fingerprint density at radius 2 is 2.20 bits per heavy atom. The van der Waals surface area contributed by atoms with Gasteiger partial charge in [-0.3, -0.25) is 0 Å². The van der Waals surface area contributed by atoms with E-state index in [9.17, 15) is 0 Å². The van der Waals surface area contributed by atoms with Crippen molar-refractivity contribution in [3.63, 3.8) is 0 Å². The Kier molecular flexibility index (Phi) is 4.09. The maximum absolute atomic E-state index is 4.21. The molecule has 0 amide bonds. The first-order valence-electron chi connectivity index (χ1n) is 5.25. The van der Waals surface area contributed by atoms with Gasteiger partial charge < -0.3 is 10.2 Å². The highest BCUT2D eigenvalue weighted by molar-refractivity contribution is 5.75. The molecule has 1 aliphatic heterocycles. The summed E-state index contributed by atoms with van der Waals surface area (Å²) in [7, 11) is 2.03. The van der Waals surface area contributed by atoms with Gasteiger partial charge in [0.2, 0.25) is 0 Å². The molecule has 0 bridgehead atoms. The molecule has 0 saturated heterocycles. The van der Waals surface area contributed by atoms with Gasteiger partial charge in [0.1, 0.15) is 12.0 Å². The number of aromatic nitrogens is 2. The number of nitrogens with zero attached hydrogens (tertiary/aromatic N) is 3. The largest absolute Gasteiger partial charge is 0.379 e. The lowest BCUT2D eigenvalue weighted by Gasteiger charge is -2.27. The minimum Gasteiger partial charge on any atom is -0.379 e. The molecule has 0 atom stereocenters. The summed E-state index contributed by atoms with van der Waals surface area (Å²) in [6.45, 7) is 9.62. The number of nitrogens with one attached hydrogen (secondary N) is 1. The van der Waals surface area contributed by atoms with Crippen LogP contribution in [0.15, 0.2) is 12.9 Å². The molecule has 1 N–H and O–H groups in total. The first-order chi connectivity index (χ1) is 7.33. The summed E-state index contributed by atoms with van der Waals surface area (Å²) in [4.78, 5) is 10.5. The zero-order chi connectivity index (χ0) is 11.3. The van der Waals surface area contributed by atoms with Crippen LogP contribution in [0.4, 0.5) is 11.5 Å². The summed E-state index contributed by atoms with van der Waals surface area (Å²) in [5.41, 5.74) is 1.86. The van der Waals surface area contributed by atoms with Crippen molar-refractivity contribution in [2.24, 2.45) is 0 Å². The van der Waals surface area contributed by atoms with Gasteiger partial charge in [0.05, 0.1) is 5.69 Å². The molecule has 0 unspecified atom stereocenters. The van der Waals surface area contributed by atoms with Crippen LogP contribution in [0.5, 0.6) is 0 Å². The second-order valence-corrected chi connectivity index (χ2v) is 3.01. The summed E-state index contributed by atoms with van der Waals surface area (Å²) in [6, 6.07) is 0. The van der Waals surface area contributed by atoms with Crippen molar-refractivity contribution in [2.45, 2.75) is 13.8 Å². The van der Waals surface area contributed by atoms with Crippen LogP contribution < -0.4 is 10.2 Å². The molecule has 0 spiro atoms. The first-order valence-corrected chi connectivity index (χ1v) is 5.25. The molecule has 0 saturated carbocycles. The molecule has 15 heavy (non-hydrogen) atoms. The molecular formula is C11H18N4. The van der Waals surface area contributed by atoms with Crippen molar-refractivity contribution < 1.29 is 0 Å². The predicted molar refractivity (Wildman–Crippen MR) is 65.2 cm³/mol. The van der Waals surface area contributed by atoms with Crippen molar-refractivity contribution in [3.8, 4) is 0 Å². The molecule has 1 aliphatic rings. The fourth-order valence-electron chi connectivity index (χ4n) is 1.46. The molecule has 0 aliphatic carbocycles. The summed E-state index contributed by atoms with van der Waals surface area (Å²) < 4.78 is 0. The number of hydrogen-bond donors (Lipinski definition) is 1. The molecule has 0 aromatic carbocycles. The van der Waals surface area contributed by atoms with Crippen LogP contribution >= 0.6 is 0 Å². The van der Waals surface area contributed by atoms with Crippen molar-refractivity contribution in [1.82, 2.24) is 9.97 Å². The van der Waals surface area contributed by atoms with Crippen LogP contribution in [0.1, 0.15) is 19.5 Å². The van der Waals surface area contributed by atoms with Crippen LogP contribution in [0, 0.1) is 0 Å². The highest BCUT2D eigenvalue weighted by Gasteiger charge is 2.16. The molecular weight excluding hydrogens is 188 g/mol. The third-order valence-electron chi connectivity index (χ3n) is 2.16. The van der Waals surface area contributed by atoms with Crippen LogP contribution in [-0.2, 0) is 0 Å². The van der Waals surface area contributed by atoms with Gasteiger partial charge in [0, 0.05) is 20.1 Å². The number of hydrogen-bond acceptors (Lipinski definition) is 4. The lowest BCUT2D eigenvalue weighted by molar-refractivity contribution is 0.854. The fourth-order valence-corrected chi connectivity index (χ4v) is 1.46. The summed E-state index contributed by atoms with van der Waals surface area (Å²) in [5, 5.41) is 3.27. The molecule has 1 aromatic rings. The summed E-state index contributed by atoms with van der Waals surface area (Å²) in [5.74, 6) is 0.955. The van der Waals surface area contributed by atoms with Gasteiger partial charge >= 0.3 is 0 Å². The van der Waals surface area contributed by atoms with Crippen molar-refractivity contribution >= 4 is 17.6 Å². The minimum atomic E-state index is 0.872. The lowest BCUT2D eigenvalue weighted by atomic mass is 10.2. The van der Waals surface area contributed by atoms with E-state index < -0.39 is 0 Å². The molecule has 4 nitrogen and oxygen atoms in total. The number of anilines is 2. The monoisotopic (exact) mass is 206 g/mol. The first kappa shape index (κ1) is 11.5.